The standard InChI is InChI=1S/C14H17ClN2OS/c1-17(10-12-9-16-14(15)19-12)13(7-8-18)11-5-3-2-4-6-11/h2-6,9,13,18H,7-8,10H2,1H3. The van der Waals surface area contributed by atoms with Gasteiger partial charge < -0.3 is 5.11 Å². The van der Waals surface area contributed by atoms with Crippen LogP contribution in [0, 0.1) is 0 Å². The minimum atomic E-state index is 0.174. The molecule has 2 aromatic rings. The van der Waals surface area contributed by atoms with E-state index in [1.165, 1.54) is 16.9 Å². The van der Waals surface area contributed by atoms with Crippen molar-refractivity contribution in [2.24, 2.45) is 0 Å². The summed E-state index contributed by atoms with van der Waals surface area (Å²) < 4.78 is 0.571. The lowest BCUT2D eigenvalue weighted by Crippen LogP contribution is -2.24. The molecule has 2 rings (SSSR count). The van der Waals surface area contributed by atoms with Gasteiger partial charge in [0.05, 0.1) is 0 Å². The highest BCUT2D eigenvalue weighted by molar-refractivity contribution is 7.15. The van der Waals surface area contributed by atoms with Crippen LogP contribution in [0.2, 0.25) is 4.47 Å². The van der Waals surface area contributed by atoms with Crippen LogP contribution < -0.4 is 0 Å². The second-order valence-corrected chi connectivity index (χ2v) is 6.13. The summed E-state index contributed by atoms with van der Waals surface area (Å²) in [4.78, 5) is 7.40. The summed E-state index contributed by atoms with van der Waals surface area (Å²) in [7, 11) is 2.06. The molecule has 0 saturated carbocycles. The molecule has 0 saturated heterocycles. The molecule has 1 heterocycles. The zero-order valence-corrected chi connectivity index (χ0v) is 12.4. The smallest absolute Gasteiger partial charge is 0.183 e. The molecule has 0 fully saturated rings. The molecule has 0 spiro atoms. The average molecular weight is 297 g/mol. The number of hydrogen-bond acceptors (Lipinski definition) is 4. The number of halogens is 1. The predicted octanol–water partition coefficient (Wildman–Crippen LogP) is 3.35. The Labute approximate surface area is 122 Å². The number of thiazole rings is 1. The molecule has 0 bridgehead atoms. The molecule has 0 amide bonds. The third-order valence-corrected chi connectivity index (χ3v) is 4.15. The zero-order valence-electron chi connectivity index (χ0n) is 10.8. The molecule has 1 unspecified atom stereocenters. The Kier molecular flexibility index (Phi) is 5.34. The van der Waals surface area contributed by atoms with Crippen molar-refractivity contribution in [1.82, 2.24) is 9.88 Å². The maximum absolute atomic E-state index is 9.26. The topological polar surface area (TPSA) is 36.4 Å². The molecule has 19 heavy (non-hydrogen) atoms. The van der Waals surface area contributed by atoms with Crippen molar-refractivity contribution in [3.63, 3.8) is 0 Å². The van der Waals surface area contributed by atoms with Crippen molar-refractivity contribution in [2.75, 3.05) is 13.7 Å². The molecule has 1 N–H and O–H groups in total. The lowest BCUT2D eigenvalue weighted by atomic mass is 10.0. The van der Waals surface area contributed by atoms with Gasteiger partial charge >= 0.3 is 0 Å². The maximum Gasteiger partial charge on any atom is 0.183 e. The summed E-state index contributed by atoms with van der Waals surface area (Å²) in [5.41, 5.74) is 1.22. The molecule has 102 valence electrons. The lowest BCUT2D eigenvalue weighted by molar-refractivity contribution is 0.181. The third-order valence-electron chi connectivity index (χ3n) is 3.05. The van der Waals surface area contributed by atoms with Gasteiger partial charge in [-0.15, -0.1) is 11.3 Å². The van der Waals surface area contributed by atoms with E-state index in [2.05, 4.69) is 29.1 Å². The maximum atomic E-state index is 9.26. The van der Waals surface area contributed by atoms with Crippen LogP contribution in [0.4, 0.5) is 0 Å². The van der Waals surface area contributed by atoms with Crippen molar-refractivity contribution in [1.29, 1.82) is 0 Å². The van der Waals surface area contributed by atoms with Gasteiger partial charge in [-0.25, -0.2) is 4.98 Å². The SMILES string of the molecule is CN(Cc1cnc(Cl)s1)C(CCO)c1ccccc1. The van der Waals surface area contributed by atoms with Gasteiger partial charge in [-0.05, 0) is 19.0 Å². The Balaban J connectivity index is 2.10. The van der Waals surface area contributed by atoms with E-state index in [-0.39, 0.29) is 12.6 Å². The predicted molar refractivity (Wildman–Crippen MR) is 79.5 cm³/mol. The zero-order chi connectivity index (χ0) is 13.7. The van der Waals surface area contributed by atoms with E-state index in [1.54, 1.807) is 0 Å². The van der Waals surface area contributed by atoms with Crippen LogP contribution in [0.3, 0.4) is 0 Å². The molecule has 0 radical (unpaired) electrons. The minimum absolute atomic E-state index is 0.174. The van der Waals surface area contributed by atoms with Crippen molar-refractivity contribution in [2.45, 2.75) is 19.0 Å². The van der Waals surface area contributed by atoms with Gasteiger partial charge in [-0.1, -0.05) is 41.9 Å². The molecule has 0 aliphatic carbocycles. The summed E-state index contributed by atoms with van der Waals surface area (Å²) in [6, 6.07) is 10.4. The third kappa shape index (κ3) is 4.01. The fourth-order valence-corrected chi connectivity index (χ4v) is 3.19. The average Bonchev–Trinajstić information content (AvgIpc) is 2.82. The van der Waals surface area contributed by atoms with Gasteiger partial charge in [0.1, 0.15) is 0 Å². The molecular weight excluding hydrogens is 280 g/mol. The van der Waals surface area contributed by atoms with E-state index < -0.39 is 0 Å². The number of rotatable bonds is 6. The molecule has 3 nitrogen and oxygen atoms in total. The summed E-state index contributed by atoms with van der Waals surface area (Å²) in [5, 5.41) is 9.26. The van der Waals surface area contributed by atoms with Crippen molar-refractivity contribution in [3.8, 4) is 0 Å². The van der Waals surface area contributed by atoms with Gasteiger partial charge in [0, 0.05) is 30.3 Å². The first-order valence-corrected chi connectivity index (χ1v) is 7.36. The number of hydrogen-bond donors (Lipinski definition) is 1. The van der Waals surface area contributed by atoms with Crippen LogP contribution in [-0.4, -0.2) is 28.6 Å². The fraction of sp³-hybridized carbons (Fsp3) is 0.357. The number of aromatic nitrogens is 1. The second-order valence-electron chi connectivity index (χ2n) is 4.43. The lowest BCUT2D eigenvalue weighted by Gasteiger charge is -2.27. The Hall–Kier alpha value is -0.940. The molecule has 1 atom stereocenters. The van der Waals surface area contributed by atoms with Crippen LogP contribution >= 0.6 is 22.9 Å². The van der Waals surface area contributed by atoms with Crippen LogP contribution in [0.5, 0.6) is 0 Å². The first kappa shape index (κ1) is 14.5. The first-order chi connectivity index (χ1) is 9.20. The molecular formula is C14H17ClN2OS. The van der Waals surface area contributed by atoms with E-state index in [9.17, 15) is 5.11 Å². The Morgan fingerprint density at radius 2 is 2.11 bits per heavy atom. The molecule has 5 heteroatoms. The monoisotopic (exact) mass is 296 g/mol. The van der Waals surface area contributed by atoms with Gasteiger partial charge in [0.2, 0.25) is 0 Å². The first-order valence-electron chi connectivity index (χ1n) is 6.17. The van der Waals surface area contributed by atoms with Gasteiger partial charge in [-0.3, -0.25) is 4.90 Å². The van der Waals surface area contributed by atoms with Crippen molar-refractivity contribution < 1.29 is 5.11 Å². The van der Waals surface area contributed by atoms with Gasteiger partial charge in [0.15, 0.2) is 4.47 Å². The normalized spacial score (nSPS) is 12.8. The van der Waals surface area contributed by atoms with Crippen molar-refractivity contribution in [3.05, 3.63) is 51.4 Å². The summed E-state index contributed by atoms with van der Waals surface area (Å²) in [6.07, 6.45) is 2.53. The quantitative estimate of drug-likeness (QED) is 0.888. The van der Waals surface area contributed by atoms with Crippen LogP contribution in [0.25, 0.3) is 0 Å². The molecule has 1 aromatic heterocycles. The van der Waals surface area contributed by atoms with Gasteiger partial charge in [-0.2, -0.15) is 0 Å². The fourth-order valence-electron chi connectivity index (χ4n) is 2.15. The van der Waals surface area contributed by atoms with E-state index in [4.69, 9.17) is 11.6 Å². The van der Waals surface area contributed by atoms with E-state index >= 15 is 0 Å². The van der Waals surface area contributed by atoms with Crippen LogP contribution in [-0.2, 0) is 6.54 Å². The summed E-state index contributed by atoms with van der Waals surface area (Å²) in [6.45, 7) is 0.956. The number of aliphatic hydroxyl groups excluding tert-OH is 1. The Morgan fingerprint density at radius 3 is 2.68 bits per heavy atom. The van der Waals surface area contributed by atoms with Crippen LogP contribution in [0.15, 0.2) is 36.5 Å². The minimum Gasteiger partial charge on any atom is -0.396 e. The number of benzene rings is 1. The highest BCUT2D eigenvalue weighted by Crippen LogP contribution is 2.26. The highest BCUT2D eigenvalue weighted by atomic mass is 35.5. The van der Waals surface area contributed by atoms with E-state index in [0.717, 1.165) is 11.4 Å². The second kappa shape index (κ2) is 7.01. The van der Waals surface area contributed by atoms with E-state index in [0.29, 0.717) is 10.9 Å². The van der Waals surface area contributed by atoms with Crippen LogP contribution in [0.1, 0.15) is 22.9 Å². The Morgan fingerprint density at radius 1 is 1.37 bits per heavy atom. The molecule has 1 aromatic carbocycles. The summed E-state index contributed by atoms with van der Waals surface area (Å²) >= 11 is 7.35. The molecule has 0 aliphatic heterocycles. The number of aliphatic hydroxyl groups is 1. The van der Waals surface area contributed by atoms with E-state index in [1.807, 2.05) is 24.4 Å². The Bertz CT molecular complexity index is 503. The van der Waals surface area contributed by atoms with Crippen molar-refractivity contribution >= 4 is 22.9 Å². The van der Waals surface area contributed by atoms with Gasteiger partial charge in [0.25, 0.3) is 0 Å². The molecule has 0 aliphatic rings. The number of nitrogens with zero attached hydrogens (tertiary/aromatic N) is 2. The highest BCUT2D eigenvalue weighted by Gasteiger charge is 2.17. The largest absolute Gasteiger partial charge is 0.396 e. The summed E-state index contributed by atoms with van der Waals surface area (Å²) in [5.74, 6) is 0.